The molecule has 2 aliphatic heterocycles. The second kappa shape index (κ2) is 21.7. The Morgan fingerprint density at radius 3 is 2.38 bits per heavy atom. The number of unbranched alkanes of at least 4 members (excludes halogenated alkanes) is 4. The molecule has 3 aliphatic rings. The molecule has 4 aromatic rings. The minimum atomic E-state index is -4.77. The molecular formula is C48H51F4N9O8. The van der Waals surface area contributed by atoms with Gasteiger partial charge in [0, 0.05) is 43.5 Å². The second-order valence-corrected chi connectivity index (χ2v) is 17.4. The van der Waals surface area contributed by atoms with Crippen LogP contribution in [0, 0.1) is 5.82 Å². The van der Waals surface area contributed by atoms with Crippen molar-refractivity contribution in [2.24, 2.45) is 0 Å². The molecule has 3 heterocycles. The fourth-order valence-corrected chi connectivity index (χ4v) is 8.83. The molecule has 1 unspecified atom stereocenters. The predicted molar refractivity (Wildman–Crippen MR) is 240 cm³/mol. The highest BCUT2D eigenvalue weighted by atomic mass is 19.4. The number of hydrogen-bond acceptors (Lipinski definition) is 10. The topological polar surface area (TPSA) is 212 Å². The third kappa shape index (κ3) is 12.2. The summed E-state index contributed by atoms with van der Waals surface area (Å²) in [7, 11) is 0. The molecule has 0 saturated carbocycles. The number of anilines is 1. The van der Waals surface area contributed by atoms with E-state index in [9.17, 15) is 55.9 Å². The molecule has 0 radical (unpaired) electrons. The van der Waals surface area contributed by atoms with Crippen molar-refractivity contribution in [2.45, 2.75) is 95.6 Å². The first-order valence-corrected chi connectivity index (χ1v) is 22.6. The summed E-state index contributed by atoms with van der Waals surface area (Å²) in [6, 6.07) is 12.6. The first-order valence-electron chi connectivity index (χ1n) is 22.6. The third-order valence-corrected chi connectivity index (χ3v) is 12.3. The minimum absolute atomic E-state index is 0.000364. The average molecular weight is 958 g/mol. The van der Waals surface area contributed by atoms with Crippen LogP contribution in [0.2, 0.25) is 0 Å². The van der Waals surface area contributed by atoms with Gasteiger partial charge < -0.3 is 20.9 Å². The van der Waals surface area contributed by atoms with Crippen LogP contribution < -0.4 is 21.3 Å². The van der Waals surface area contributed by atoms with Crippen LogP contribution in [-0.2, 0) is 37.1 Å². The number of rotatable bonds is 20. The molecule has 3 aromatic carbocycles. The van der Waals surface area contributed by atoms with Crippen LogP contribution in [0.1, 0.15) is 108 Å². The number of imide groups is 3. The number of amides is 9. The van der Waals surface area contributed by atoms with Crippen LogP contribution in [0.15, 0.2) is 73.1 Å². The number of benzene rings is 3. The van der Waals surface area contributed by atoms with Gasteiger partial charge in [0.15, 0.2) is 0 Å². The normalized spacial score (nSPS) is 17.5. The maximum absolute atomic E-state index is 13.4. The highest BCUT2D eigenvalue weighted by Crippen LogP contribution is 2.42. The van der Waals surface area contributed by atoms with Gasteiger partial charge in [-0.2, -0.15) is 18.3 Å². The van der Waals surface area contributed by atoms with Crippen molar-refractivity contribution in [1.29, 1.82) is 0 Å². The van der Waals surface area contributed by atoms with Crippen LogP contribution in [-0.4, -0.2) is 111 Å². The molecule has 7 rings (SSSR count). The Bertz CT molecular complexity index is 2620. The smallest absolute Gasteiger partial charge is 0.384 e. The van der Waals surface area contributed by atoms with Crippen molar-refractivity contribution in [3.8, 4) is 11.1 Å². The van der Waals surface area contributed by atoms with Crippen LogP contribution in [0.25, 0.3) is 11.1 Å². The Labute approximate surface area is 393 Å². The van der Waals surface area contributed by atoms with E-state index in [1.807, 2.05) is 25.1 Å². The minimum Gasteiger partial charge on any atom is -0.384 e. The van der Waals surface area contributed by atoms with Crippen LogP contribution >= 0.6 is 0 Å². The zero-order chi connectivity index (χ0) is 49.4. The van der Waals surface area contributed by atoms with E-state index in [1.54, 1.807) is 30.6 Å². The van der Waals surface area contributed by atoms with Crippen LogP contribution in [0.4, 0.5) is 28.0 Å². The third-order valence-electron chi connectivity index (χ3n) is 12.3. The molecule has 3 atom stereocenters. The number of alkyl halides is 3. The van der Waals surface area contributed by atoms with Crippen molar-refractivity contribution in [2.75, 3.05) is 31.5 Å². The molecule has 1 saturated heterocycles. The Hall–Kier alpha value is -7.45. The fourth-order valence-electron chi connectivity index (χ4n) is 8.83. The largest absolute Gasteiger partial charge is 0.406 e. The summed E-state index contributed by atoms with van der Waals surface area (Å²) in [6.07, 6.45) is 3.50. The summed E-state index contributed by atoms with van der Waals surface area (Å²) in [5.74, 6) is -4.19. The van der Waals surface area contributed by atoms with E-state index < -0.39 is 79.3 Å². The van der Waals surface area contributed by atoms with Crippen molar-refractivity contribution < 1.29 is 55.9 Å². The molecule has 1 aliphatic carbocycles. The lowest BCUT2D eigenvalue weighted by Crippen LogP contribution is -2.54. The van der Waals surface area contributed by atoms with E-state index >= 15 is 0 Å². The number of halogens is 4. The molecule has 1 fully saturated rings. The fraction of sp³-hybridized carbons (Fsp3) is 0.396. The number of nitrogens with one attached hydrogen (secondary N) is 4. The van der Waals surface area contributed by atoms with Gasteiger partial charge in [-0.05, 0) is 78.1 Å². The number of piperidine rings is 1. The zero-order valence-corrected chi connectivity index (χ0v) is 37.7. The Balaban J connectivity index is 0.817. The van der Waals surface area contributed by atoms with Crippen LogP contribution in [0.5, 0.6) is 0 Å². The predicted octanol–water partition coefficient (Wildman–Crippen LogP) is 5.58. The van der Waals surface area contributed by atoms with Gasteiger partial charge in [-0.25, -0.2) is 9.18 Å². The molecule has 0 bridgehead atoms. The van der Waals surface area contributed by atoms with Gasteiger partial charge in [-0.3, -0.25) is 53.4 Å². The molecule has 17 nitrogen and oxygen atoms in total. The molecule has 4 N–H and O–H groups in total. The van der Waals surface area contributed by atoms with Gasteiger partial charge in [0.25, 0.3) is 11.8 Å². The van der Waals surface area contributed by atoms with Gasteiger partial charge in [-0.15, -0.1) is 0 Å². The lowest BCUT2D eigenvalue weighted by Gasteiger charge is -2.27. The monoisotopic (exact) mass is 957 g/mol. The standard InChI is InChI=1S/C48H51F4N9O8/c1-29-20-38(56-47(69)59(28-62)26-42(65)58(27-48(50,51)52)23-30-10-13-33(49)14-11-30)34-15-12-31(21-36(29)34)32-22-55-60(24-32)25-41(64)54-19-6-4-2-3-5-18-53-37-9-7-8-35-43(37)46(68)61(45(35)67)39-16-17-40(63)57-44(39)66/h7-15,21-22,24,28-29,38-39,53H,2-6,16-20,23,25-27H2,1H3,(H,54,64)(H,56,69)(H,57,63,66)/t29-,38+,39?/m1/s1. The quantitative estimate of drug-likeness (QED) is 0.0374. The maximum Gasteiger partial charge on any atom is 0.406 e. The average Bonchev–Trinajstić information content (AvgIpc) is 3.97. The number of hydrogen-bond donors (Lipinski definition) is 4. The molecule has 364 valence electrons. The number of nitrogens with zero attached hydrogens (tertiary/aromatic N) is 5. The summed E-state index contributed by atoms with van der Waals surface area (Å²) in [6.45, 7) is -0.112. The highest BCUT2D eigenvalue weighted by Gasteiger charge is 2.45. The van der Waals surface area contributed by atoms with E-state index in [0.717, 1.165) is 71.4 Å². The van der Waals surface area contributed by atoms with Gasteiger partial charge in [0.05, 0.1) is 23.4 Å². The van der Waals surface area contributed by atoms with Crippen molar-refractivity contribution in [1.82, 2.24) is 40.4 Å². The first kappa shape index (κ1) is 49.5. The van der Waals surface area contributed by atoms with E-state index in [0.29, 0.717) is 35.0 Å². The summed E-state index contributed by atoms with van der Waals surface area (Å²) < 4.78 is 55.1. The van der Waals surface area contributed by atoms with Gasteiger partial charge in [0.1, 0.15) is 31.5 Å². The molecule has 1 aromatic heterocycles. The number of aromatic nitrogens is 2. The van der Waals surface area contributed by atoms with Gasteiger partial charge in [0.2, 0.25) is 30.0 Å². The van der Waals surface area contributed by atoms with E-state index in [2.05, 4.69) is 26.4 Å². The zero-order valence-electron chi connectivity index (χ0n) is 37.7. The lowest BCUT2D eigenvalue weighted by atomic mass is 9.98. The summed E-state index contributed by atoms with van der Waals surface area (Å²) in [4.78, 5) is 103. The lowest BCUT2D eigenvalue weighted by molar-refractivity contribution is -0.162. The van der Waals surface area contributed by atoms with E-state index in [1.165, 1.54) is 16.8 Å². The molecule has 9 amide bonds. The Morgan fingerprint density at radius 2 is 1.65 bits per heavy atom. The van der Waals surface area contributed by atoms with Crippen LogP contribution in [0.3, 0.4) is 0 Å². The highest BCUT2D eigenvalue weighted by molar-refractivity contribution is 6.25. The van der Waals surface area contributed by atoms with Gasteiger partial charge in [-0.1, -0.05) is 62.6 Å². The van der Waals surface area contributed by atoms with Crippen molar-refractivity contribution in [3.63, 3.8) is 0 Å². The molecular weight excluding hydrogens is 907 g/mol. The summed E-state index contributed by atoms with van der Waals surface area (Å²) in [5.41, 5.74) is 4.42. The maximum atomic E-state index is 13.4. The Morgan fingerprint density at radius 1 is 0.913 bits per heavy atom. The summed E-state index contributed by atoms with van der Waals surface area (Å²) >= 11 is 0. The number of fused-ring (bicyclic) bond motifs is 2. The number of urea groups is 1. The Kier molecular flexibility index (Phi) is 15.5. The molecule has 69 heavy (non-hydrogen) atoms. The molecule has 0 spiro atoms. The van der Waals surface area contributed by atoms with Crippen molar-refractivity contribution in [3.05, 3.63) is 107 Å². The SMILES string of the molecule is C[C@@H]1C[C@H](NC(=O)N(C=O)CC(=O)N(Cc2ccc(F)cc2)CC(F)(F)F)c2ccc(-c3cnn(CC(=O)NCCCCCCCNc4cccc5c4C(=O)N(C4CCC(=O)NC4=O)C5=O)c3)cc21. The second-order valence-electron chi connectivity index (χ2n) is 17.4. The van der Waals surface area contributed by atoms with E-state index in [-0.39, 0.29) is 54.3 Å². The van der Waals surface area contributed by atoms with E-state index in [4.69, 9.17) is 0 Å². The summed E-state index contributed by atoms with van der Waals surface area (Å²) in [5, 5.41) is 15.5. The number of carbonyl (C=O) groups is 8. The number of carbonyl (C=O) groups excluding carboxylic acids is 8. The van der Waals surface area contributed by atoms with Gasteiger partial charge >= 0.3 is 12.2 Å². The van der Waals surface area contributed by atoms with Crippen molar-refractivity contribution >= 4 is 53.6 Å². The first-order chi connectivity index (χ1) is 33.0. The molecule has 21 heteroatoms.